The number of benzene rings is 1. The molecule has 10 unspecified atom stereocenters. The van der Waals surface area contributed by atoms with Gasteiger partial charge in [-0.25, -0.2) is 4.79 Å². The molecule has 2 rings (SSSR count). The summed E-state index contributed by atoms with van der Waals surface area (Å²) in [6.07, 6.45) is -3.44. The molecule has 0 saturated carbocycles. The van der Waals surface area contributed by atoms with Gasteiger partial charge in [0, 0.05) is 32.2 Å². The molecule has 28 nitrogen and oxygen atoms in total. The van der Waals surface area contributed by atoms with Crippen molar-refractivity contribution < 1.29 is 82.8 Å². The molecule has 1 saturated heterocycles. The van der Waals surface area contributed by atoms with Crippen LogP contribution < -0.4 is 54.4 Å². The van der Waals surface area contributed by atoms with Gasteiger partial charge in [-0.15, -0.1) is 0 Å². The van der Waals surface area contributed by atoms with Gasteiger partial charge in [0.2, 0.25) is 59.1 Å². The predicted molar refractivity (Wildman–Crippen MR) is 266 cm³/mol. The first-order valence-electron chi connectivity index (χ1n) is 24.7. The number of carboxylic acids is 3. The Bertz CT molecular complexity index is 2280. The molecule has 422 valence electrons. The van der Waals surface area contributed by atoms with Crippen LogP contribution in [0, 0.1) is 11.8 Å². The number of carboxylic acid groups (broad SMARTS) is 3. The summed E-state index contributed by atoms with van der Waals surface area (Å²) in [5, 5.41) is 55.5. The fourth-order valence-corrected chi connectivity index (χ4v) is 7.88. The van der Waals surface area contributed by atoms with Crippen LogP contribution in [0.4, 0.5) is 0 Å². The molecule has 0 aliphatic carbocycles. The van der Waals surface area contributed by atoms with Crippen LogP contribution in [0.2, 0.25) is 0 Å². The van der Waals surface area contributed by atoms with Crippen LogP contribution in [-0.4, -0.2) is 163 Å². The first kappa shape index (κ1) is 64.2. The van der Waals surface area contributed by atoms with E-state index in [1.54, 1.807) is 27.7 Å². The summed E-state index contributed by atoms with van der Waals surface area (Å²) in [6, 6.07) is -7.89. The first-order valence-corrected chi connectivity index (χ1v) is 24.7. The highest BCUT2D eigenvalue weighted by Gasteiger charge is 2.42. The van der Waals surface area contributed by atoms with Crippen LogP contribution in [0.25, 0.3) is 0 Å². The molecule has 0 radical (unpaired) electrons. The summed E-state index contributed by atoms with van der Waals surface area (Å²) in [7, 11) is 0. The molecule has 0 aromatic heterocycles. The Morgan fingerprint density at radius 2 is 1.08 bits per heavy atom. The molecule has 10 amide bonds. The van der Waals surface area contributed by atoms with E-state index >= 15 is 0 Å². The van der Waals surface area contributed by atoms with Crippen molar-refractivity contribution in [1.82, 2.24) is 42.1 Å². The van der Waals surface area contributed by atoms with Crippen molar-refractivity contribution >= 4 is 77.0 Å². The normalized spacial score (nSPS) is 16.6. The highest BCUT2D eigenvalue weighted by Crippen LogP contribution is 2.23. The summed E-state index contributed by atoms with van der Waals surface area (Å²) in [5.74, 6) is -14.8. The smallest absolute Gasteiger partial charge is 0.326 e. The Morgan fingerprint density at radius 3 is 1.59 bits per heavy atom. The van der Waals surface area contributed by atoms with E-state index in [4.69, 9.17) is 17.2 Å². The van der Waals surface area contributed by atoms with Crippen LogP contribution in [0.15, 0.2) is 24.3 Å². The van der Waals surface area contributed by atoms with Crippen LogP contribution in [0.1, 0.15) is 111 Å². The highest BCUT2D eigenvalue weighted by atomic mass is 16.4. The second kappa shape index (κ2) is 31.1. The van der Waals surface area contributed by atoms with E-state index in [0.717, 1.165) is 0 Å². The highest BCUT2D eigenvalue weighted by molar-refractivity contribution is 5.99. The number of carbonyl (C=O) groups is 13. The van der Waals surface area contributed by atoms with Crippen molar-refractivity contribution in [2.45, 2.75) is 166 Å². The number of hydrogen-bond acceptors (Lipinski definition) is 15. The maximum absolute atomic E-state index is 14.5. The summed E-state index contributed by atoms with van der Waals surface area (Å²) in [6.45, 7) is 8.15. The molecule has 0 spiro atoms. The SMILES string of the molecule is CCC(C)C(NC(=O)C(CC(C)C)NC(=O)C(Cc1ccc(O)cc1)NC(=O)C(CCC(=O)O)NC(=O)C(CC(=O)O)NC(=O)C(C)N)C(=O)N1CCCC1C(=O)NC(CCC(N)=O)C(=O)NC(CCC(N)=O)C(=O)O. The number of rotatable bonds is 33. The third kappa shape index (κ3) is 21.9. The minimum Gasteiger partial charge on any atom is -0.508 e. The Balaban J connectivity index is 2.49. The summed E-state index contributed by atoms with van der Waals surface area (Å²) < 4.78 is 0. The molecule has 1 fully saturated rings. The molecule has 1 aromatic carbocycles. The number of carbonyl (C=O) groups excluding carboxylic acids is 10. The number of phenolic OH excluding ortho intramolecular Hbond substituents is 1. The van der Waals surface area contributed by atoms with E-state index in [1.807, 2.05) is 0 Å². The molecule has 1 aliphatic rings. The number of hydrogen-bond donors (Lipinski definition) is 14. The van der Waals surface area contributed by atoms with Gasteiger partial charge in [-0.2, -0.15) is 0 Å². The van der Waals surface area contributed by atoms with Crippen LogP contribution in [-0.2, 0) is 68.7 Å². The van der Waals surface area contributed by atoms with Gasteiger partial charge in [0.1, 0.15) is 54.1 Å². The number of amides is 10. The average Bonchev–Trinajstić information content (AvgIpc) is 3.83. The van der Waals surface area contributed by atoms with E-state index in [0.29, 0.717) is 18.4 Å². The second-order valence-corrected chi connectivity index (χ2v) is 19.1. The van der Waals surface area contributed by atoms with Gasteiger partial charge < -0.3 is 79.7 Å². The van der Waals surface area contributed by atoms with Gasteiger partial charge in [0.25, 0.3) is 0 Å². The van der Waals surface area contributed by atoms with Crippen molar-refractivity contribution in [1.29, 1.82) is 0 Å². The van der Waals surface area contributed by atoms with Gasteiger partial charge in [-0.1, -0.05) is 46.2 Å². The number of likely N-dealkylation sites (tertiary alicyclic amines) is 1. The van der Waals surface area contributed by atoms with Gasteiger partial charge in [-0.05, 0) is 75.0 Å². The summed E-state index contributed by atoms with van der Waals surface area (Å²) in [4.78, 5) is 170. The molecule has 10 atom stereocenters. The van der Waals surface area contributed by atoms with Gasteiger partial charge in [0.15, 0.2) is 0 Å². The minimum absolute atomic E-state index is 0.0204. The number of aromatic hydroxyl groups is 1. The second-order valence-electron chi connectivity index (χ2n) is 19.1. The largest absolute Gasteiger partial charge is 0.508 e. The summed E-state index contributed by atoms with van der Waals surface area (Å²) >= 11 is 0. The first-order chi connectivity index (χ1) is 35.5. The monoisotopic (exact) mass is 1080 g/mol. The molecule has 1 aromatic rings. The van der Waals surface area contributed by atoms with Gasteiger partial charge in [-0.3, -0.25) is 57.5 Å². The molecular weight excluding hydrogens is 1000 g/mol. The lowest BCUT2D eigenvalue weighted by Gasteiger charge is -2.33. The molecular formula is C48H73N11O17. The lowest BCUT2D eigenvalue weighted by atomic mass is 9.95. The number of nitrogens with one attached hydrogen (secondary N) is 7. The summed E-state index contributed by atoms with van der Waals surface area (Å²) in [5.41, 5.74) is 16.4. The van der Waals surface area contributed by atoms with E-state index in [2.05, 4.69) is 37.2 Å². The zero-order valence-corrected chi connectivity index (χ0v) is 43.1. The average molecular weight is 1080 g/mol. The number of primary amides is 2. The lowest BCUT2D eigenvalue weighted by molar-refractivity contribution is -0.144. The van der Waals surface area contributed by atoms with E-state index in [1.165, 1.54) is 36.1 Å². The molecule has 28 heteroatoms. The van der Waals surface area contributed by atoms with Crippen molar-refractivity contribution in [3.63, 3.8) is 0 Å². The Labute approximate surface area is 438 Å². The molecule has 1 heterocycles. The number of nitrogens with two attached hydrogens (primary N) is 3. The van der Waals surface area contributed by atoms with E-state index in [9.17, 15) is 82.8 Å². The Kier molecular flexibility index (Phi) is 26.3. The lowest BCUT2D eigenvalue weighted by Crippen LogP contribution is -2.61. The molecule has 0 bridgehead atoms. The Morgan fingerprint density at radius 1 is 0.605 bits per heavy atom. The van der Waals surface area contributed by atoms with Crippen molar-refractivity contribution in [3.05, 3.63) is 29.8 Å². The van der Waals surface area contributed by atoms with Crippen LogP contribution in [0.3, 0.4) is 0 Å². The maximum atomic E-state index is 14.5. The van der Waals surface area contributed by atoms with Crippen molar-refractivity contribution in [3.8, 4) is 5.75 Å². The Hall–Kier alpha value is -7.91. The predicted octanol–water partition coefficient (Wildman–Crippen LogP) is -3.29. The fourth-order valence-electron chi connectivity index (χ4n) is 7.88. The quantitative estimate of drug-likeness (QED) is 0.0328. The van der Waals surface area contributed by atoms with Crippen molar-refractivity contribution in [2.75, 3.05) is 6.54 Å². The third-order valence-electron chi connectivity index (χ3n) is 12.3. The van der Waals surface area contributed by atoms with Crippen LogP contribution in [0.5, 0.6) is 5.75 Å². The van der Waals surface area contributed by atoms with E-state index < -0.39 is 169 Å². The number of aliphatic carboxylic acids is 3. The minimum atomic E-state index is -1.77. The topological polar surface area (TPSA) is 468 Å². The molecule has 1 aliphatic heterocycles. The molecule has 17 N–H and O–H groups in total. The molecule has 76 heavy (non-hydrogen) atoms. The van der Waals surface area contributed by atoms with Crippen molar-refractivity contribution in [2.24, 2.45) is 29.0 Å². The van der Waals surface area contributed by atoms with Gasteiger partial charge in [0.05, 0.1) is 12.5 Å². The number of phenols is 1. The zero-order chi connectivity index (χ0) is 57.6. The zero-order valence-electron chi connectivity index (χ0n) is 43.1. The third-order valence-corrected chi connectivity index (χ3v) is 12.3. The van der Waals surface area contributed by atoms with E-state index in [-0.39, 0.29) is 50.3 Å². The fraction of sp³-hybridized carbons (Fsp3) is 0.604. The number of nitrogens with zero attached hydrogens (tertiary/aromatic N) is 1. The van der Waals surface area contributed by atoms with Gasteiger partial charge >= 0.3 is 17.9 Å². The van der Waals surface area contributed by atoms with Crippen LogP contribution >= 0.6 is 0 Å². The standard InChI is InChI=1S/C48H73N11O17/c1-6-24(4)39(47(74)59-19-7-8-34(59)46(73)53-28(13-16-35(50)61)41(68)54-30(48(75)76)14-17-36(51)62)58-45(72)31(20-23(2)3)56-43(70)32(21-26-9-11-27(60)12-10-26)57-42(69)29(15-18-37(63)64)52-44(71)33(22-38(65)66)55-40(67)25(5)49/h9-12,23-25,28-34,39,60H,6-8,13-22,49H2,1-5H3,(H2,50,61)(H2,51,62)(H,52,71)(H,53,73)(H,54,68)(H,55,67)(H,56,70)(H,57,69)(H,58,72)(H,63,64)(H,65,66)(H,75,76). The maximum Gasteiger partial charge on any atom is 0.326 e.